The number of carboxylic acids is 1. The summed E-state index contributed by atoms with van der Waals surface area (Å²) in [6.45, 7) is 2.91. The first-order valence-corrected chi connectivity index (χ1v) is 13.0. The molecule has 190 valence electrons. The number of halogens is 2. The molecule has 36 heavy (non-hydrogen) atoms. The van der Waals surface area contributed by atoms with E-state index < -0.39 is 33.9 Å². The van der Waals surface area contributed by atoms with E-state index in [1.54, 1.807) is 44.2 Å². The number of anilines is 2. The molecule has 0 heterocycles. The quantitative estimate of drug-likeness (QED) is 0.353. The van der Waals surface area contributed by atoms with Crippen LogP contribution in [0, 0.1) is 5.92 Å². The molecule has 0 bridgehead atoms. The number of nitrogens with zero attached hydrogens (tertiary/aromatic N) is 1. The Labute approximate surface area is 219 Å². The Morgan fingerprint density at radius 3 is 2.25 bits per heavy atom. The van der Waals surface area contributed by atoms with Gasteiger partial charge in [0.25, 0.3) is 15.9 Å². The van der Waals surface area contributed by atoms with Crippen LogP contribution < -0.4 is 14.4 Å². The molecule has 3 aromatic rings. The largest absolute Gasteiger partial charge is 0.484 e. The fourth-order valence-corrected chi connectivity index (χ4v) is 5.53. The number of ether oxygens (including phenoxy) is 1. The predicted molar refractivity (Wildman–Crippen MR) is 139 cm³/mol. The molecule has 0 aliphatic carbocycles. The van der Waals surface area contributed by atoms with Gasteiger partial charge in [-0.1, -0.05) is 49.2 Å². The van der Waals surface area contributed by atoms with E-state index in [9.17, 15) is 23.1 Å². The number of hydrogen-bond donors (Lipinski definition) is 2. The molecule has 0 aromatic heterocycles. The van der Waals surface area contributed by atoms with Crippen LogP contribution in [0.15, 0.2) is 77.7 Å². The van der Waals surface area contributed by atoms with Crippen LogP contribution >= 0.6 is 23.2 Å². The van der Waals surface area contributed by atoms with Crippen LogP contribution in [0.3, 0.4) is 0 Å². The van der Waals surface area contributed by atoms with Crippen molar-refractivity contribution in [2.75, 3.05) is 16.2 Å². The van der Waals surface area contributed by atoms with Crippen LogP contribution in [0.4, 0.5) is 11.4 Å². The Morgan fingerprint density at radius 2 is 1.64 bits per heavy atom. The van der Waals surface area contributed by atoms with Crippen molar-refractivity contribution in [3.63, 3.8) is 0 Å². The van der Waals surface area contributed by atoms with Gasteiger partial charge in [0.15, 0.2) is 6.61 Å². The van der Waals surface area contributed by atoms with Crippen molar-refractivity contribution in [1.29, 1.82) is 0 Å². The number of carbonyl (C=O) groups is 2. The minimum atomic E-state index is -4.38. The van der Waals surface area contributed by atoms with Crippen molar-refractivity contribution in [3.8, 4) is 5.75 Å². The fourth-order valence-electron chi connectivity index (χ4n) is 3.44. The van der Waals surface area contributed by atoms with Crippen molar-refractivity contribution < 1.29 is 27.9 Å². The van der Waals surface area contributed by atoms with Gasteiger partial charge in [-0.25, -0.2) is 13.2 Å². The normalized spacial score (nSPS) is 12.1. The van der Waals surface area contributed by atoms with E-state index >= 15 is 0 Å². The molecular formula is C25H24Cl2N2O6S. The average molecular weight is 551 g/mol. The maximum absolute atomic E-state index is 13.7. The van der Waals surface area contributed by atoms with E-state index in [4.69, 9.17) is 27.9 Å². The molecule has 2 N–H and O–H groups in total. The van der Waals surface area contributed by atoms with Crippen LogP contribution in [-0.4, -0.2) is 38.0 Å². The number of carboxylic acid groups (broad SMARTS) is 1. The molecule has 0 aliphatic heterocycles. The van der Waals surface area contributed by atoms with Crippen LogP contribution in [0.25, 0.3) is 0 Å². The van der Waals surface area contributed by atoms with E-state index in [1.807, 2.05) is 0 Å². The molecular weight excluding hydrogens is 527 g/mol. The highest BCUT2D eigenvalue weighted by molar-refractivity contribution is 7.93. The van der Waals surface area contributed by atoms with Crippen LogP contribution in [0.5, 0.6) is 5.75 Å². The summed E-state index contributed by atoms with van der Waals surface area (Å²) in [7, 11) is -4.38. The van der Waals surface area contributed by atoms with Gasteiger partial charge < -0.3 is 15.2 Å². The van der Waals surface area contributed by atoms with Crippen LogP contribution in [0.1, 0.15) is 13.8 Å². The van der Waals surface area contributed by atoms with Gasteiger partial charge in [0.05, 0.1) is 10.6 Å². The summed E-state index contributed by atoms with van der Waals surface area (Å²) in [5, 5.41) is 13.2. The lowest BCUT2D eigenvalue weighted by Gasteiger charge is -2.32. The Kier molecular flexibility index (Phi) is 8.84. The van der Waals surface area contributed by atoms with Gasteiger partial charge in [0.2, 0.25) is 0 Å². The molecule has 3 rings (SSSR count). The summed E-state index contributed by atoms with van der Waals surface area (Å²) in [6, 6.07) is 16.6. The molecule has 0 spiro atoms. The first-order chi connectivity index (χ1) is 17.0. The summed E-state index contributed by atoms with van der Waals surface area (Å²) >= 11 is 11.9. The number of carbonyl (C=O) groups excluding carboxylic acids is 1. The van der Waals surface area contributed by atoms with Gasteiger partial charge in [-0.05, 0) is 66.6 Å². The van der Waals surface area contributed by atoms with E-state index in [2.05, 4.69) is 5.32 Å². The number of rotatable bonds is 10. The van der Waals surface area contributed by atoms with Crippen molar-refractivity contribution in [2.24, 2.45) is 5.92 Å². The van der Waals surface area contributed by atoms with E-state index in [0.29, 0.717) is 10.8 Å². The highest BCUT2D eigenvalue weighted by Crippen LogP contribution is 2.31. The average Bonchev–Trinajstić information content (AvgIpc) is 2.81. The number of nitrogens with one attached hydrogen (secondary N) is 1. The zero-order valence-electron chi connectivity index (χ0n) is 19.4. The number of amides is 1. The maximum Gasteiger partial charge on any atom is 0.327 e. The highest BCUT2D eigenvalue weighted by Gasteiger charge is 2.38. The second-order valence-corrected chi connectivity index (χ2v) is 10.8. The van der Waals surface area contributed by atoms with Gasteiger partial charge in [0.1, 0.15) is 11.8 Å². The van der Waals surface area contributed by atoms with E-state index in [-0.39, 0.29) is 27.9 Å². The minimum Gasteiger partial charge on any atom is -0.484 e. The third kappa shape index (κ3) is 6.69. The van der Waals surface area contributed by atoms with Crippen molar-refractivity contribution in [2.45, 2.75) is 24.8 Å². The predicted octanol–water partition coefficient (Wildman–Crippen LogP) is 5.32. The van der Waals surface area contributed by atoms with Gasteiger partial charge >= 0.3 is 5.97 Å². The van der Waals surface area contributed by atoms with Crippen molar-refractivity contribution in [1.82, 2.24) is 0 Å². The molecule has 3 aromatic carbocycles. The fraction of sp³-hybridized carbons (Fsp3) is 0.200. The van der Waals surface area contributed by atoms with Crippen molar-refractivity contribution >= 4 is 56.5 Å². The smallest absolute Gasteiger partial charge is 0.327 e. The first kappa shape index (κ1) is 27.3. The summed E-state index contributed by atoms with van der Waals surface area (Å²) in [4.78, 5) is 24.3. The first-order valence-electron chi connectivity index (χ1n) is 10.8. The molecule has 0 fully saturated rings. The zero-order valence-corrected chi connectivity index (χ0v) is 21.7. The van der Waals surface area contributed by atoms with Gasteiger partial charge in [0, 0.05) is 15.7 Å². The second-order valence-electron chi connectivity index (χ2n) is 8.13. The molecule has 1 amide bonds. The molecule has 11 heteroatoms. The summed E-state index contributed by atoms with van der Waals surface area (Å²) < 4.78 is 33.7. The lowest BCUT2D eigenvalue weighted by molar-refractivity contribution is -0.139. The van der Waals surface area contributed by atoms with Crippen LogP contribution in [-0.2, 0) is 19.6 Å². The number of sulfonamides is 1. The second kappa shape index (κ2) is 11.6. The van der Waals surface area contributed by atoms with E-state index in [1.165, 1.54) is 42.5 Å². The molecule has 0 saturated carbocycles. The zero-order chi connectivity index (χ0) is 26.5. The SMILES string of the molecule is CC(C)C(C(=O)O)N(c1cccc(Cl)c1)S(=O)(=O)c1cccc(NC(=O)COc2ccc(Cl)cc2)c1. The molecule has 0 aliphatic rings. The van der Waals surface area contributed by atoms with Gasteiger partial charge in [-0.15, -0.1) is 0 Å². The number of hydrogen-bond acceptors (Lipinski definition) is 5. The third-order valence-electron chi connectivity index (χ3n) is 5.06. The topological polar surface area (TPSA) is 113 Å². The molecule has 8 nitrogen and oxygen atoms in total. The lowest BCUT2D eigenvalue weighted by atomic mass is 10.0. The van der Waals surface area contributed by atoms with Crippen LogP contribution in [0.2, 0.25) is 10.0 Å². The molecule has 1 unspecified atom stereocenters. The Bertz CT molecular complexity index is 1350. The highest BCUT2D eigenvalue weighted by atomic mass is 35.5. The monoisotopic (exact) mass is 550 g/mol. The minimum absolute atomic E-state index is 0.106. The summed E-state index contributed by atoms with van der Waals surface area (Å²) in [5.74, 6) is -1.95. The van der Waals surface area contributed by atoms with Gasteiger partial charge in [-0.2, -0.15) is 0 Å². The van der Waals surface area contributed by atoms with Gasteiger partial charge in [-0.3, -0.25) is 9.10 Å². The number of benzene rings is 3. The third-order valence-corrected chi connectivity index (χ3v) is 7.35. The Morgan fingerprint density at radius 1 is 0.972 bits per heavy atom. The Hall–Kier alpha value is -3.27. The molecule has 1 atom stereocenters. The summed E-state index contributed by atoms with van der Waals surface area (Å²) in [6.07, 6.45) is 0. The molecule has 0 saturated heterocycles. The van der Waals surface area contributed by atoms with E-state index in [0.717, 1.165) is 4.31 Å². The molecule has 0 radical (unpaired) electrons. The Balaban J connectivity index is 1.89. The van der Waals surface area contributed by atoms with Crippen molar-refractivity contribution in [3.05, 3.63) is 82.8 Å². The maximum atomic E-state index is 13.7. The number of aliphatic carboxylic acids is 1. The lowest BCUT2D eigenvalue weighted by Crippen LogP contribution is -2.48. The summed E-state index contributed by atoms with van der Waals surface area (Å²) in [5.41, 5.74) is 0.303. The standard InChI is InChI=1S/C25H24Cl2N2O6S/c1-16(2)24(25(31)32)29(20-7-3-5-18(27)13-20)36(33,34)22-8-4-6-19(14-22)28-23(30)15-35-21-11-9-17(26)10-12-21/h3-14,16,24H,15H2,1-2H3,(H,28,30)(H,31,32).